The first-order chi connectivity index (χ1) is 5.32. The topological polar surface area (TPSA) is 18.5 Å². The monoisotopic (exact) mass is 156 g/mol. The van der Waals surface area contributed by atoms with Crippen molar-refractivity contribution in [3.05, 3.63) is 0 Å². The number of hydrogen-bond acceptors (Lipinski definition) is 2. The highest BCUT2D eigenvalue weighted by molar-refractivity contribution is 5.09. The predicted molar refractivity (Wildman–Crippen MR) is 42.2 cm³/mol. The minimum Gasteiger partial charge on any atom is -0.350 e. The van der Waals surface area contributed by atoms with Gasteiger partial charge in [-0.25, -0.2) is 0 Å². The molecule has 2 atom stereocenters. The lowest BCUT2D eigenvalue weighted by molar-refractivity contribution is -0.281. The van der Waals surface area contributed by atoms with Gasteiger partial charge in [0.05, 0.1) is 0 Å². The Balaban J connectivity index is 1.92. The van der Waals surface area contributed by atoms with Crippen molar-refractivity contribution in [1.29, 1.82) is 0 Å². The lowest BCUT2D eigenvalue weighted by atomic mass is 9.91. The molecule has 2 nitrogen and oxygen atoms in total. The molecule has 2 aliphatic rings. The van der Waals surface area contributed by atoms with Crippen molar-refractivity contribution in [3.63, 3.8) is 0 Å². The SMILES string of the molecule is CCOC1(OCC)CC2C[C@H]21. The standard InChI is InChI=1S/C9H16O2/c1-3-10-9(11-4-2)6-7-5-8(7)9/h7-8H,3-6H2,1-2H3/t7?,8-/m1/s1. The van der Waals surface area contributed by atoms with Crippen LogP contribution >= 0.6 is 0 Å². The van der Waals surface area contributed by atoms with E-state index in [0.29, 0.717) is 0 Å². The minimum atomic E-state index is -0.145. The molecule has 1 unspecified atom stereocenters. The van der Waals surface area contributed by atoms with E-state index >= 15 is 0 Å². The van der Waals surface area contributed by atoms with E-state index in [1.54, 1.807) is 0 Å². The first-order valence-corrected chi connectivity index (χ1v) is 4.60. The van der Waals surface area contributed by atoms with Crippen LogP contribution in [0.4, 0.5) is 0 Å². The van der Waals surface area contributed by atoms with Crippen molar-refractivity contribution in [2.24, 2.45) is 11.8 Å². The van der Waals surface area contributed by atoms with Gasteiger partial charge in [-0.05, 0) is 26.2 Å². The van der Waals surface area contributed by atoms with Crippen LogP contribution in [0.15, 0.2) is 0 Å². The molecule has 0 heterocycles. The van der Waals surface area contributed by atoms with Gasteiger partial charge >= 0.3 is 0 Å². The molecule has 0 bridgehead atoms. The van der Waals surface area contributed by atoms with E-state index < -0.39 is 0 Å². The molecule has 0 aromatic carbocycles. The maximum absolute atomic E-state index is 5.64. The summed E-state index contributed by atoms with van der Waals surface area (Å²) in [6, 6.07) is 0. The molecule has 0 aromatic heterocycles. The fourth-order valence-corrected chi connectivity index (χ4v) is 2.23. The van der Waals surface area contributed by atoms with Crippen LogP contribution in [0.2, 0.25) is 0 Å². The molecule has 2 saturated carbocycles. The normalized spacial score (nSPS) is 37.6. The van der Waals surface area contributed by atoms with E-state index in [2.05, 4.69) is 0 Å². The smallest absolute Gasteiger partial charge is 0.171 e. The Bertz CT molecular complexity index is 150. The summed E-state index contributed by atoms with van der Waals surface area (Å²) in [6.45, 7) is 5.64. The van der Waals surface area contributed by atoms with Crippen LogP contribution in [-0.4, -0.2) is 19.0 Å². The Hall–Kier alpha value is -0.0800. The summed E-state index contributed by atoms with van der Waals surface area (Å²) in [6.07, 6.45) is 2.47. The average molecular weight is 156 g/mol. The Morgan fingerprint density at radius 1 is 1.27 bits per heavy atom. The quantitative estimate of drug-likeness (QED) is 0.578. The van der Waals surface area contributed by atoms with Crippen LogP contribution < -0.4 is 0 Å². The first kappa shape index (κ1) is 7.56. The molecule has 0 radical (unpaired) electrons. The third kappa shape index (κ3) is 1.00. The molecule has 2 fully saturated rings. The van der Waals surface area contributed by atoms with Crippen LogP contribution in [0.1, 0.15) is 26.7 Å². The summed E-state index contributed by atoms with van der Waals surface area (Å²) >= 11 is 0. The van der Waals surface area contributed by atoms with Crippen molar-refractivity contribution in [1.82, 2.24) is 0 Å². The predicted octanol–water partition coefficient (Wildman–Crippen LogP) is 1.80. The second-order valence-electron chi connectivity index (χ2n) is 3.48. The molecular formula is C9H16O2. The van der Waals surface area contributed by atoms with Gasteiger partial charge in [-0.3, -0.25) is 0 Å². The van der Waals surface area contributed by atoms with Gasteiger partial charge in [-0.1, -0.05) is 0 Å². The highest BCUT2D eigenvalue weighted by Gasteiger charge is 2.66. The molecule has 0 aliphatic heterocycles. The molecule has 0 amide bonds. The minimum absolute atomic E-state index is 0.145. The van der Waals surface area contributed by atoms with Crippen molar-refractivity contribution in [3.8, 4) is 0 Å². The number of rotatable bonds is 4. The molecule has 0 N–H and O–H groups in total. The molecule has 0 saturated heterocycles. The Labute approximate surface area is 67.9 Å². The van der Waals surface area contributed by atoms with E-state index in [1.165, 1.54) is 6.42 Å². The summed E-state index contributed by atoms with van der Waals surface area (Å²) in [7, 11) is 0. The highest BCUT2D eigenvalue weighted by Crippen LogP contribution is 2.64. The third-order valence-electron chi connectivity index (χ3n) is 2.81. The fraction of sp³-hybridized carbons (Fsp3) is 1.00. The van der Waals surface area contributed by atoms with Gasteiger partial charge in [0.2, 0.25) is 0 Å². The molecule has 2 aliphatic carbocycles. The van der Waals surface area contributed by atoms with Crippen molar-refractivity contribution in [2.75, 3.05) is 13.2 Å². The summed E-state index contributed by atoms with van der Waals surface area (Å²) in [5, 5.41) is 0. The molecule has 0 aromatic rings. The van der Waals surface area contributed by atoms with Crippen LogP contribution in [0.25, 0.3) is 0 Å². The first-order valence-electron chi connectivity index (χ1n) is 4.60. The molecule has 2 rings (SSSR count). The van der Waals surface area contributed by atoms with Gasteiger partial charge in [0, 0.05) is 25.6 Å². The summed E-state index contributed by atoms with van der Waals surface area (Å²) in [5.41, 5.74) is 0. The van der Waals surface area contributed by atoms with Crippen LogP contribution in [0, 0.1) is 11.8 Å². The van der Waals surface area contributed by atoms with E-state index in [1.807, 2.05) is 13.8 Å². The van der Waals surface area contributed by atoms with Gasteiger partial charge in [0.1, 0.15) is 0 Å². The van der Waals surface area contributed by atoms with Crippen molar-refractivity contribution < 1.29 is 9.47 Å². The molecule has 0 spiro atoms. The van der Waals surface area contributed by atoms with Crippen LogP contribution in [-0.2, 0) is 9.47 Å². The maximum atomic E-state index is 5.64. The summed E-state index contributed by atoms with van der Waals surface area (Å²) in [5.74, 6) is 1.53. The zero-order valence-corrected chi connectivity index (χ0v) is 7.30. The van der Waals surface area contributed by atoms with Gasteiger partial charge in [0.25, 0.3) is 0 Å². The average Bonchev–Trinajstić information content (AvgIpc) is 2.62. The molecular weight excluding hydrogens is 140 g/mol. The summed E-state index contributed by atoms with van der Waals surface area (Å²) < 4.78 is 11.3. The van der Waals surface area contributed by atoms with E-state index in [-0.39, 0.29) is 5.79 Å². The zero-order valence-electron chi connectivity index (χ0n) is 7.30. The summed E-state index contributed by atoms with van der Waals surface area (Å²) in [4.78, 5) is 0. The van der Waals surface area contributed by atoms with Gasteiger partial charge < -0.3 is 9.47 Å². The molecule has 64 valence electrons. The number of ether oxygens (including phenoxy) is 2. The van der Waals surface area contributed by atoms with Crippen molar-refractivity contribution >= 4 is 0 Å². The van der Waals surface area contributed by atoms with Gasteiger partial charge in [-0.15, -0.1) is 0 Å². The highest BCUT2D eigenvalue weighted by atomic mass is 16.7. The third-order valence-corrected chi connectivity index (χ3v) is 2.81. The number of fused-ring (bicyclic) bond motifs is 1. The zero-order chi connectivity index (χ0) is 7.90. The maximum Gasteiger partial charge on any atom is 0.171 e. The Morgan fingerprint density at radius 3 is 2.18 bits per heavy atom. The fourth-order valence-electron chi connectivity index (χ4n) is 2.23. The van der Waals surface area contributed by atoms with Gasteiger partial charge in [-0.2, -0.15) is 0 Å². The second kappa shape index (κ2) is 2.46. The van der Waals surface area contributed by atoms with E-state index in [4.69, 9.17) is 9.47 Å². The van der Waals surface area contributed by atoms with Crippen molar-refractivity contribution in [2.45, 2.75) is 32.5 Å². The van der Waals surface area contributed by atoms with Crippen LogP contribution in [0.3, 0.4) is 0 Å². The second-order valence-corrected chi connectivity index (χ2v) is 3.48. The molecule has 2 heteroatoms. The molecule has 11 heavy (non-hydrogen) atoms. The number of hydrogen-bond donors (Lipinski definition) is 0. The van der Waals surface area contributed by atoms with Crippen LogP contribution in [0.5, 0.6) is 0 Å². The van der Waals surface area contributed by atoms with E-state index in [9.17, 15) is 0 Å². The largest absolute Gasteiger partial charge is 0.350 e. The lowest BCUT2D eigenvalue weighted by Crippen LogP contribution is -2.46. The Morgan fingerprint density at radius 2 is 1.91 bits per heavy atom. The Kier molecular flexibility index (Phi) is 1.69. The lowest BCUT2D eigenvalue weighted by Gasteiger charge is -2.40. The van der Waals surface area contributed by atoms with E-state index in [0.717, 1.165) is 31.5 Å². The van der Waals surface area contributed by atoms with Gasteiger partial charge in [0.15, 0.2) is 5.79 Å².